The number of alkyl halides is 3. The van der Waals surface area contributed by atoms with Gasteiger partial charge in [-0.25, -0.2) is 0 Å². The Morgan fingerprint density at radius 3 is 2.06 bits per heavy atom. The van der Waals surface area contributed by atoms with Crippen molar-refractivity contribution in [2.24, 2.45) is 0 Å². The first kappa shape index (κ1) is 16.0. The Morgan fingerprint density at radius 2 is 1.76 bits per heavy atom. The third-order valence-corrected chi connectivity index (χ3v) is 1.76. The molecule has 0 bridgehead atoms. The highest BCUT2D eigenvalue weighted by molar-refractivity contribution is 5.17. The number of nitrogens with zero attached hydrogens (tertiary/aromatic N) is 2. The fourth-order valence-electron chi connectivity index (χ4n) is 1.28. The van der Waals surface area contributed by atoms with Crippen LogP contribution in [-0.4, -0.2) is 20.5 Å². The lowest BCUT2D eigenvalue weighted by Crippen LogP contribution is -2.26. The van der Waals surface area contributed by atoms with Gasteiger partial charge in [-0.2, -0.15) is 18.3 Å². The van der Waals surface area contributed by atoms with Crippen molar-refractivity contribution >= 4 is 0 Å². The average molecular weight is 252 g/mol. The molecule has 0 saturated heterocycles. The van der Waals surface area contributed by atoms with Gasteiger partial charge in [-0.3, -0.25) is 4.68 Å². The molecule has 1 heterocycles. The Hall–Kier alpha value is -1.04. The van der Waals surface area contributed by atoms with Crippen molar-refractivity contribution in [1.29, 1.82) is 0 Å². The van der Waals surface area contributed by atoms with Crippen molar-refractivity contribution in [2.45, 2.75) is 52.9 Å². The molecule has 0 amide bonds. The highest BCUT2D eigenvalue weighted by Crippen LogP contribution is 2.30. The summed E-state index contributed by atoms with van der Waals surface area (Å²) >= 11 is 0. The van der Waals surface area contributed by atoms with E-state index < -0.39 is 17.5 Å². The fourth-order valence-corrected chi connectivity index (χ4v) is 1.28. The van der Waals surface area contributed by atoms with Crippen LogP contribution in [0.3, 0.4) is 0 Å². The van der Waals surface area contributed by atoms with Crippen LogP contribution in [0.4, 0.5) is 13.2 Å². The number of aliphatic hydroxyl groups is 1. The fraction of sp³-hybridized carbons (Fsp3) is 0.727. The highest BCUT2D eigenvalue weighted by atomic mass is 19.4. The van der Waals surface area contributed by atoms with Crippen molar-refractivity contribution < 1.29 is 18.3 Å². The monoisotopic (exact) mass is 252 g/mol. The van der Waals surface area contributed by atoms with Crippen LogP contribution in [0.1, 0.15) is 39.0 Å². The maximum atomic E-state index is 12.4. The summed E-state index contributed by atoms with van der Waals surface area (Å²) in [7, 11) is 0. The van der Waals surface area contributed by atoms with Crippen LogP contribution in [-0.2, 0) is 12.7 Å². The zero-order chi connectivity index (χ0) is 13.9. The maximum Gasteiger partial charge on any atom is 0.435 e. The van der Waals surface area contributed by atoms with Crippen molar-refractivity contribution in [3.8, 4) is 0 Å². The average Bonchev–Trinajstić information content (AvgIpc) is 2.46. The molecule has 0 aliphatic heterocycles. The van der Waals surface area contributed by atoms with Gasteiger partial charge in [0.15, 0.2) is 5.69 Å². The van der Waals surface area contributed by atoms with Gasteiger partial charge < -0.3 is 5.11 Å². The number of aryl methyl sites for hydroxylation is 1. The Bertz CT molecular complexity index is 351. The van der Waals surface area contributed by atoms with E-state index in [1.54, 1.807) is 0 Å². The van der Waals surface area contributed by atoms with Crippen LogP contribution in [0, 0.1) is 6.92 Å². The molecule has 17 heavy (non-hydrogen) atoms. The van der Waals surface area contributed by atoms with E-state index in [2.05, 4.69) is 5.10 Å². The van der Waals surface area contributed by atoms with E-state index in [0.29, 0.717) is 0 Å². The largest absolute Gasteiger partial charge is 0.435 e. The molecular weight excluding hydrogens is 233 g/mol. The summed E-state index contributed by atoms with van der Waals surface area (Å²) in [6.45, 7) is 8.40. The predicted octanol–water partition coefficient (Wildman–Crippen LogP) is 3.01. The summed E-state index contributed by atoms with van der Waals surface area (Å²) < 4.78 is 38.2. The molecule has 0 atom stereocenters. The molecule has 0 fully saturated rings. The number of aromatic nitrogens is 2. The van der Waals surface area contributed by atoms with E-state index in [4.69, 9.17) is 0 Å². The molecule has 0 unspecified atom stereocenters. The second-order valence-electron chi connectivity index (χ2n) is 4.17. The molecule has 0 saturated carbocycles. The zero-order valence-electron chi connectivity index (χ0n) is 10.8. The van der Waals surface area contributed by atoms with Gasteiger partial charge in [-0.1, -0.05) is 13.8 Å². The van der Waals surface area contributed by atoms with Gasteiger partial charge >= 0.3 is 6.18 Å². The van der Waals surface area contributed by atoms with Gasteiger partial charge in [0.2, 0.25) is 0 Å². The van der Waals surface area contributed by atoms with Gasteiger partial charge in [0.1, 0.15) is 0 Å². The summed E-state index contributed by atoms with van der Waals surface area (Å²) in [5, 5.41) is 12.8. The lowest BCUT2D eigenvalue weighted by atomic mass is 10.1. The number of halogens is 3. The molecule has 1 aromatic rings. The van der Waals surface area contributed by atoms with E-state index >= 15 is 0 Å². The van der Waals surface area contributed by atoms with E-state index in [-0.39, 0.29) is 12.1 Å². The first-order valence-corrected chi connectivity index (χ1v) is 5.43. The predicted molar refractivity (Wildman–Crippen MR) is 59.6 cm³/mol. The van der Waals surface area contributed by atoms with E-state index in [9.17, 15) is 18.3 Å². The third-order valence-electron chi connectivity index (χ3n) is 1.76. The molecule has 3 nitrogen and oxygen atoms in total. The van der Waals surface area contributed by atoms with Crippen molar-refractivity contribution in [3.63, 3.8) is 0 Å². The first-order valence-electron chi connectivity index (χ1n) is 5.43. The highest BCUT2D eigenvalue weighted by Gasteiger charge is 2.36. The molecule has 0 aliphatic carbocycles. The minimum Gasteiger partial charge on any atom is -0.389 e. The van der Waals surface area contributed by atoms with Crippen LogP contribution >= 0.6 is 0 Å². The summed E-state index contributed by atoms with van der Waals surface area (Å²) in [4.78, 5) is 0. The minimum absolute atomic E-state index is 0.0317. The molecule has 0 aromatic carbocycles. The molecule has 1 N–H and O–H groups in total. The van der Waals surface area contributed by atoms with Gasteiger partial charge in [-0.05, 0) is 26.3 Å². The second-order valence-corrected chi connectivity index (χ2v) is 4.17. The van der Waals surface area contributed by atoms with Gasteiger partial charge in [-0.15, -0.1) is 0 Å². The summed E-state index contributed by atoms with van der Waals surface area (Å²) in [5.41, 5.74) is -1.92. The molecule has 0 radical (unpaired) electrons. The lowest BCUT2D eigenvalue weighted by molar-refractivity contribution is -0.142. The van der Waals surface area contributed by atoms with Crippen LogP contribution in [0.15, 0.2) is 6.20 Å². The summed E-state index contributed by atoms with van der Waals surface area (Å²) in [6, 6.07) is 0. The normalized spacial score (nSPS) is 12.1. The zero-order valence-corrected chi connectivity index (χ0v) is 10.8. The van der Waals surface area contributed by atoms with Crippen molar-refractivity contribution in [3.05, 3.63) is 17.5 Å². The molecule has 0 spiro atoms. The van der Waals surface area contributed by atoms with Gasteiger partial charge in [0.05, 0.1) is 12.1 Å². The molecule has 0 aliphatic rings. The Morgan fingerprint density at radius 1 is 1.29 bits per heavy atom. The number of rotatable bonds is 2. The van der Waals surface area contributed by atoms with E-state index in [1.807, 2.05) is 13.8 Å². The topological polar surface area (TPSA) is 38.0 Å². The van der Waals surface area contributed by atoms with Crippen molar-refractivity contribution in [2.75, 3.05) is 0 Å². The Labute approximate surface area is 99.3 Å². The second kappa shape index (κ2) is 5.53. The van der Waals surface area contributed by atoms with E-state index in [1.165, 1.54) is 27.0 Å². The minimum atomic E-state index is -4.44. The number of hydrogen-bond donors (Lipinski definition) is 1. The number of hydrogen-bond acceptors (Lipinski definition) is 2. The molecule has 1 rings (SSSR count). The quantitative estimate of drug-likeness (QED) is 0.878. The molecular formula is C11H19F3N2O. The summed E-state index contributed by atoms with van der Waals surface area (Å²) in [6.07, 6.45) is -3.16. The van der Waals surface area contributed by atoms with Crippen LogP contribution in [0.25, 0.3) is 0 Å². The third kappa shape index (κ3) is 5.21. The maximum absolute atomic E-state index is 12.4. The molecule has 6 heteroatoms. The molecule has 1 aromatic heterocycles. The SMILES string of the molecule is CC.Cc1cn(CC(C)(C)O)nc1C(F)(F)F. The van der Waals surface area contributed by atoms with Crippen molar-refractivity contribution in [1.82, 2.24) is 9.78 Å². The molecule has 100 valence electrons. The van der Waals surface area contributed by atoms with Crippen LogP contribution < -0.4 is 0 Å². The van der Waals surface area contributed by atoms with E-state index in [0.717, 1.165) is 4.68 Å². The first-order chi connectivity index (χ1) is 7.59. The van der Waals surface area contributed by atoms with Gasteiger partial charge in [0.25, 0.3) is 0 Å². The van der Waals surface area contributed by atoms with Crippen LogP contribution in [0.2, 0.25) is 0 Å². The van der Waals surface area contributed by atoms with Crippen LogP contribution in [0.5, 0.6) is 0 Å². The Kier molecular flexibility index (Phi) is 5.19. The lowest BCUT2D eigenvalue weighted by Gasteiger charge is -2.16. The van der Waals surface area contributed by atoms with Gasteiger partial charge in [0, 0.05) is 6.20 Å². The standard InChI is InChI=1S/C9H13F3N2O.C2H6/c1-6-4-14(5-8(2,3)15)13-7(6)9(10,11)12;1-2/h4,15H,5H2,1-3H3;1-2H3. The summed E-state index contributed by atoms with van der Waals surface area (Å²) in [5.74, 6) is 0. The Balaban J connectivity index is 0.00000121. The smallest absolute Gasteiger partial charge is 0.389 e.